The fraction of sp³-hybridized carbons (Fsp3) is 0.505. The van der Waals surface area contributed by atoms with Crippen molar-refractivity contribution in [1.29, 1.82) is 0 Å². The summed E-state index contributed by atoms with van der Waals surface area (Å²) in [6.45, 7) is 52.8. The topological polar surface area (TPSA) is 352 Å². The van der Waals surface area contributed by atoms with E-state index in [0.717, 1.165) is 235 Å². The van der Waals surface area contributed by atoms with E-state index >= 15 is 0 Å². The van der Waals surface area contributed by atoms with Gasteiger partial charge in [0.2, 0.25) is 0 Å². The van der Waals surface area contributed by atoms with E-state index in [1.807, 2.05) is 130 Å². The van der Waals surface area contributed by atoms with E-state index in [2.05, 4.69) is 54.4 Å². The summed E-state index contributed by atoms with van der Waals surface area (Å²) in [6.07, 6.45) is 15.6. The average Bonchev–Trinajstić information content (AvgIpc) is 1.61. The molecule has 0 spiro atoms. The summed E-state index contributed by atoms with van der Waals surface area (Å²) in [5.74, 6) is -1.30. The van der Waals surface area contributed by atoms with Crippen LogP contribution in [0.1, 0.15) is 295 Å². The largest absolute Gasteiger partial charge is 0.507 e. The average molecular weight is 1850 g/mol. The zero-order valence-corrected chi connectivity index (χ0v) is 82.9. The molecule has 14 rings (SSSR count). The van der Waals surface area contributed by atoms with Crippen LogP contribution in [0.5, 0.6) is 28.7 Å². The van der Waals surface area contributed by atoms with Gasteiger partial charge in [0.05, 0.1) is 46.2 Å². The summed E-state index contributed by atoms with van der Waals surface area (Å²) in [5, 5.41) is 40.8. The predicted molar refractivity (Wildman–Crippen MR) is 508 cm³/mol. The van der Waals surface area contributed by atoms with Gasteiger partial charge in [-0.3, -0.25) is 24.2 Å². The monoisotopic (exact) mass is 1850 g/mol. The SMILES string of the molecule is C/C(=C\Cc1c(C)c(C)c2c(c1C)C(=O)OC2)CCC(=O)OCCN1CCOCC1.CC(C)=CCc1c(C)c(C)c2c(c1O)C(=O)OC2.COC(=O)CC/C(C)=C/Cc1c(C)c(C)c2c(c1O)C(=O)OC2.COc1c(C/C=C(\C)CCC(=O)OCCN2CCOCC2)c(C)c(C)c2c1C(=O)OC2.Cc1c(C)c(O)c2c(c1C)COC2=O.Cc1c(C)c2c(c(O)c1CCC(C)C)C(=O)OC2. The fourth-order valence-corrected chi connectivity index (χ4v) is 17.5. The van der Waals surface area contributed by atoms with Gasteiger partial charge in [0, 0.05) is 109 Å². The highest BCUT2D eigenvalue weighted by Crippen LogP contribution is 2.44. The van der Waals surface area contributed by atoms with Crippen molar-refractivity contribution in [3.63, 3.8) is 0 Å². The van der Waals surface area contributed by atoms with Gasteiger partial charge in [-0.2, -0.15) is 0 Å². The molecule has 134 heavy (non-hydrogen) atoms. The third-order valence-corrected chi connectivity index (χ3v) is 27.3. The van der Waals surface area contributed by atoms with E-state index in [1.165, 1.54) is 23.8 Å². The third kappa shape index (κ3) is 25.7. The number of morpholine rings is 2. The number of methoxy groups -OCH3 is 2. The maximum atomic E-state index is 12.2. The molecule has 0 radical (unpaired) electrons. The number of phenols is 4. The molecule has 0 saturated carbocycles. The van der Waals surface area contributed by atoms with Gasteiger partial charge >= 0.3 is 53.7 Å². The Morgan fingerprint density at radius 3 is 1.01 bits per heavy atom. The number of hydrogen-bond donors (Lipinski definition) is 4. The zero-order chi connectivity index (χ0) is 98.5. The van der Waals surface area contributed by atoms with Crippen molar-refractivity contribution in [3.05, 3.63) is 219 Å². The Kier molecular flexibility index (Phi) is 38.4. The molecule has 6 aromatic carbocycles. The first-order chi connectivity index (χ1) is 63.6. The number of esters is 9. The van der Waals surface area contributed by atoms with Crippen molar-refractivity contribution in [2.75, 3.05) is 93.1 Å². The number of ether oxygens (including phenoxy) is 12. The quantitative estimate of drug-likeness (QED) is 0.0211. The first kappa shape index (κ1) is 106. The lowest BCUT2D eigenvalue weighted by atomic mass is 9.87. The molecule has 0 unspecified atom stereocenters. The second-order valence-electron chi connectivity index (χ2n) is 36.3. The lowest BCUT2D eigenvalue weighted by molar-refractivity contribution is -0.145. The van der Waals surface area contributed by atoms with Crippen LogP contribution in [-0.2, 0) is 138 Å². The molecule has 8 aliphatic rings. The Bertz CT molecular complexity index is 5600. The number of rotatable bonds is 27. The molecule has 726 valence electrons. The van der Waals surface area contributed by atoms with Gasteiger partial charge in [0.25, 0.3) is 0 Å². The van der Waals surface area contributed by atoms with Crippen molar-refractivity contribution in [1.82, 2.24) is 9.80 Å². The smallest absolute Gasteiger partial charge is 0.342 e. The molecule has 0 atom stereocenters. The second-order valence-corrected chi connectivity index (χ2v) is 36.3. The van der Waals surface area contributed by atoms with Crippen molar-refractivity contribution in [2.45, 2.75) is 262 Å². The van der Waals surface area contributed by atoms with Gasteiger partial charge in [-0.1, -0.05) is 60.4 Å². The van der Waals surface area contributed by atoms with E-state index in [-0.39, 0.29) is 72.7 Å². The molecule has 4 N–H and O–H groups in total. The number of carbonyl (C=O) groups excluding carboxylic acids is 9. The van der Waals surface area contributed by atoms with E-state index < -0.39 is 23.9 Å². The first-order valence-corrected chi connectivity index (χ1v) is 46.3. The van der Waals surface area contributed by atoms with E-state index in [0.29, 0.717) is 130 Å². The van der Waals surface area contributed by atoms with Gasteiger partial charge in [-0.05, 0) is 284 Å². The van der Waals surface area contributed by atoms with Gasteiger partial charge in [-0.15, -0.1) is 0 Å². The molecule has 6 aromatic rings. The first-order valence-electron chi connectivity index (χ1n) is 46.3. The molecule has 27 nitrogen and oxygen atoms in total. The van der Waals surface area contributed by atoms with Crippen molar-refractivity contribution < 1.29 is 120 Å². The third-order valence-electron chi connectivity index (χ3n) is 27.3. The normalized spacial score (nSPS) is 15.2. The molecule has 0 aliphatic carbocycles. The zero-order valence-electron chi connectivity index (χ0n) is 82.9. The summed E-state index contributed by atoms with van der Waals surface area (Å²) in [5.41, 5.74) is 31.6. The number of allylic oxidation sites excluding steroid dienone is 8. The maximum Gasteiger partial charge on any atom is 0.342 e. The van der Waals surface area contributed by atoms with Crippen LogP contribution in [-0.4, -0.2) is 177 Å². The van der Waals surface area contributed by atoms with Crippen LogP contribution in [0.2, 0.25) is 0 Å². The summed E-state index contributed by atoms with van der Waals surface area (Å²) in [6, 6.07) is 0. The minimum atomic E-state index is -0.465. The predicted octanol–water partition coefficient (Wildman–Crippen LogP) is 18.1. The standard InChI is InChI=1S/C24H33NO6.C24H33NO5.C18H22O5.C15H20O3.C15H18O3.C11H12O3/c1-16(6-8-21(26)30-14-11-25-9-12-29-13-10-25)5-7-19-17(2)18(3)20-15-31-24(27)22(20)23(19)28-4;1-16(6-8-22(26)29-14-11-25-9-12-28-13-10-25)5-7-20-17(2)18(3)21-15-30-24(27)23(21)19(20)4;1-10(6-8-15(19)22-4)5-7-13-11(2)12(3)14-9-23-18(21)16(14)17(13)20;2*1-8(2)5-6-11-9(3)10(4)12-7-18-15(17)13(12)14(11)16;1-5-6(2)8-4-14-11(13)9(8)10(12)7(5)3/h5H,6-15H2,1-4H3;5H,6-15H2,1-4H3;5,20H,6-9H2,1-4H3;8,16H,5-7H2,1-4H3;5,16H,6-7H2,1-4H3;12H,4H2,1-3H3/b2*16-5+;10-5+;;;. The van der Waals surface area contributed by atoms with Crippen LogP contribution in [0.4, 0.5) is 0 Å². The highest BCUT2D eigenvalue weighted by Gasteiger charge is 2.37. The minimum absolute atomic E-state index is 0.0163. The molecule has 2 fully saturated rings. The summed E-state index contributed by atoms with van der Waals surface area (Å²) >= 11 is 0. The fourth-order valence-electron chi connectivity index (χ4n) is 17.5. The Morgan fingerprint density at radius 1 is 0.343 bits per heavy atom. The summed E-state index contributed by atoms with van der Waals surface area (Å²) in [4.78, 5) is 110. The molecule has 8 heterocycles. The van der Waals surface area contributed by atoms with Crippen LogP contribution in [0, 0.1) is 103 Å². The van der Waals surface area contributed by atoms with Crippen LogP contribution in [0.15, 0.2) is 46.6 Å². The van der Waals surface area contributed by atoms with E-state index in [4.69, 9.17) is 52.1 Å². The molecular formula is C107H138N2O25. The summed E-state index contributed by atoms with van der Waals surface area (Å²) in [7, 11) is 2.96. The Labute approximate surface area is 788 Å². The number of benzene rings is 6. The highest BCUT2D eigenvalue weighted by atomic mass is 16.6. The maximum absolute atomic E-state index is 12.2. The second kappa shape index (κ2) is 48.5. The van der Waals surface area contributed by atoms with Gasteiger partial charge < -0.3 is 77.3 Å². The highest BCUT2D eigenvalue weighted by molar-refractivity contribution is 6.01. The van der Waals surface area contributed by atoms with Gasteiger partial charge in [-0.25, -0.2) is 28.8 Å². The number of aromatic hydroxyl groups is 4. The molecule has 8 aliphatic heterocycles. The molecule has 27 heteroatoms. The number of carbonyl (C=O) groups is 9. The van der Waals surface area contributed by atoms with Crippen molar-refractivity contribution in [2.24, 2.45) is 5.92 Å². The van der Waals surface area contributed by atoms with Crippen LogP contribution in [0.3, 0.4) is 0 Å². The molecule has 0 bridgehead atoms. The van der Waals surface area contributed by atoms with E-state index in [9.17, 15) is 63.6 Å². The minimum Gasteiger partial charge on any atom is -0.507 e. The van der Waals surface area contributed by atoms with Crippen LogP contribution < -0.4 is 4.74 Å². The number of nitrogens with zero attached hydrogens (tertiary/aromatic N) is 2. The number of fused-ring (bicyclic) bond motifs is 6. The number of cyclic esters (lactones) is 6. The molecule has 2 saturated heterocycles. The van der Waals surface area contributed by atoms with Gasteiger partial charge in [0.1, 0.15) is 109 Å². The Hall–Kier alpha value is -11.7. The number of hydrogen-bond acceptors (Lipinski definition) is 27. The van der Waals surface area contributed by atoms with E-state index in [1.54, 1.807) is 7.11 Å². The Balaban J connectivity index is 0.000000184. The molecular weight excluding hydrogens is 1710 g/mol. The lowest BCUT2D eigenvalue weighted by Gasteiger charge is -2.26. The lowest BCUT2D eigenvalue weighted by Crippen LogP contribution is -2.38. The van der Waals surface area contributed by atoms with Crippen LogP contribution in [0.25, 0.3) is 0 Å². The van der Waals surface area contributed by atoms with Crippen molar-refractivity contribution in [3.8, 4) is 28.7 Å². The van der Waals surface area contributed by atoms with Crippen LogP contribution >= 0.6 is 0 Å². The summed E-state index contributed by atoms with van der Waals surface area (Å²) < 4.78 is 62.0. The van der Waals surface area contributed by atoms with Gasteiger partial charge in [0.15, 0.2) is 0 Å². The Morgan fingerprint density at radius 2 is 0.642 bits per heavy atom. The number of phenolic OH excluding ortho intramolecular Hbond substituents is 4. The van der Waals surface area contributed by atoms with Crippen molar-refractivity contribution >= 4 is 53.7 Å². The molecule has 0 amide bonds. The molecule has 0 aromatic heterocycles.